The van der Waals surface area contributed by atoms with Crippen LogP contribution < -0.4 is 4.74 Å². The lowest BCUT2D eigenvalue weighted by Crippen LogP contribution is -2.30. The molecule has 1 fully saturated rings. The molecule has 0 bridgehead atoms. The number of likely N-dealkylation sites (tertiary alicyclic amines) is 1. The minimum Gasteiger partial charge on any atom is -0.496 e. The van der Waals surface area contributed by atoms with Crippen molar-refractivity contribution >= 4 is 21.8 Å². The summed E-state index contributed by atoms with van der Waals surface area (Å²) in [6.45, 7) is 3.72. The monoisotopic (exact) mass is 353 g/mol. The molecule has 1 aromatic rings. The second-order valence-corrected chi connectivity index (χ2v) is 6.67. The van der Waals surface area contributed by atoms with E-state index < -0.39 is 0 Å². The van der Waals surface area contributed by atoms with Gasteiger partial charge in [0.15, 0.2) is 0 Å². The van der Waals surface area contributed by atoms with E-state index in [1.807, 2.05) is 23.1 Å². The standard InChI is InChI=1S/C17H24BrNO2/c1-3-4-13-5-8-17(20)19(10-9-13)12-14-11-15(18)6-7-16(14)21-2/h6-7,11,13H,3-5,8-10,12H2,1-2H3. The van der Waals surface area contributed by atoms with E-state index in [2.05, 4.69) is 22.9 Å². The van der Waals surface area contributed by atoms with Crippen molar-refractivity contribution in [3.8, 4) is 5.75 Å². The first-order chi connectivity index (χ1) is 10.1. The van der Waals surface area contributed by atoms with Gasteiger partial charge in [0, 0.05) is 29.5 Å². The average Bonchev–Trinajstić information content (AvgIpc) is 2.64. The fraction of sp³-hybridized carbons (Fsp3) is 0.588. The van der Waals surface area contributed by atoms with E-state index in [0.29, 0.717) is 18.9 Å². The van der Waals surface area contributed by atoms with Gasteiger partial charge in [-0.05, 0) is 37.0 Å². The average molecular weight is 354 g/mol. The van der Waals surface area contributed by atoms with Crippen LogP contribution in [0.5, 0.6) is 5.75 Å². The van der Waals surface area contributed by atoms with Gasteiger partial charge in [-0.1, -0.05) is 35.7 Å². The Morgan fingerprint density at radius 2 is 2.19 bits per heavy atom. The number of carbonyl (C=O) groups is 1. The van der Waals surface area contributed by atoms with Crippen molar-refractivity contribution in [3.63, 3.8) is 0 Å². The summed E-state index contributed by atoms with van der Waals surface area (Å²) in [5.41, 5.74) is 1.06. The highest BCUT2D eigenvalue weighted by Gasteiger charge is 2.22. The Hall–Kier alpha value is -1.03. The summed E-state index contributed by atoms with van der Waals surface area (Å²) in [6, 6.07) is 5.95. The Balaban J connectivity index is 2.08. The number of benzene rings is 1. The lowest BCUT2D eigenvalue weighted by Gasteiger charge is -2.22. The first kappa shape index (κ1) is 16.3. The molecule has 0 aromatic heterocycles. The van der Waals surface area contributed by atoms with E-state index in [4.69, 9.17) is 4.74 Å². The van der Waals surface area contributed by atoms with Gasteiger partial charge in [-0.25, -0.2) is 0 Å². The fourth-order valence-corrected chi connectivity index (χ4v) is 3.44. The van der Waals surface area contributed by atoms with Crippen LogP contribution in [0.15, 0.2) is 22.7 Å². The second kappa shape index (κ2) is 7.83. The molecule has 116 valence electrons. The molecule has 2 rings (SSSR count). The Labute approximate surface area is 135 Å². The van der Waals surface area contributed by atoms with E-state index in [-0.39, 0.29) is 5.91 Å². The quantitative estimate of drug-likeness (QED) is 0.785. The van der Waals surface area contributed by atoms with Gasteiger partial charge in [0.1, 0.15) is 5.75 Å². The molecule has 21 heavy (non-hydrogen) atoms. The molecule has 1 aromatic carbocycles. The molecule has 1 heterocycles. The number of carbonyl (C=O) groups excluding carboxylic acids is 1. The fourth-order valence-electron chi connectivity index (χ4n) is 3.03. The van der Waals surface area contributed by atoms with Crippen molar-refractivity contribution in [1.29, 1.82) is 0 Å². The van der Waals surface area contributed by atoms with E-state index in [1.54, 1.807) is 7.11 Å². The molecule has 1 amide bonds. The largest absolute Gasteiger partial charge is 0.496 e. The van der Waals surface area contributed by atoms with Gasteiger partial charge >= 0.3 is 0 Å². The lowest BCUT2D eigenvalue weighted by atomic mass is 9.96. The molecule has 1 unspecified atom stereocenters. The van der Waals surface area contributed by atoms with Gasteiger partial charge in [0.2, 0.25) is 5.91 Å². The van der Waals surface area contributed by atoms with Crippen molar-refractivity contribution in [2.45, 2.75) is 45.6 Å². The van der Waals surface area contributed by atoms with Crippen molar-refractivity contribution in [1.82, 2.24) is 4.90 Å². The summed E-state index contributed by atoms with van der Waals surface area (Å²) >= 11 is 3.49. The maximum absolute atomic E-state index is 12.3. The molecule has 1 aliphatic rings. The van der Waals surface area contributed by atoms with Gasteiger partial charge in [0.25, 0.3) is 0 Å². The van der Waals surface area contributed by atoms with E-state index >= 15 is 0 Å². The Morgan fingerprint density at radius 3 is 2.90 bits per heavy atom. The van der Waals surface area contributed by atoms with Gasteiger partial charge in [-0.2, -0.15) is 0 Å². The molecule has 0 N–H and O–H groups in total. The predicted octanol–water partition coefficient (Wildman–Crippen LogP) is 4.39. The molecular weight excluding hydrogens is 330 g/mol. The molecule has 4 heteroatoms. The maximum atomic E-state index is 12.3. The first-order valence-corrected chi connectivity index (χ1v) is 8.53. The number of hydrogen-bond donors (Lipinski definition) is 0. The normalized spacial score (nSPS) is 19.5. The van der Waals surface area contributed by atoms with Gasteiger partial charge in [0.05, 0.1) is 7.11 Å². The van der Waals surface area contributed by atoms with Gasteiger partial charge < -0.3 is 9.64 Å². The van der Waals surface area contributed by atoms with E-state index in [1.165, 1.54) is 12.8 Å². The van der Waals surface area contributed by atoms with Crippen LogP contribution in [0.2, 0.25) is 0 Å². The molecule has 1 saturated heterocycles. The molecule has 0 spiro atoms. The minimum absolute atomic E-state index is 0.274. The van der Waals surface area contributed by atoms with Crippen LogP contribution in [0.25, 0.3) is 0 Å². The zero-order chi connectivity index (χ0) is 15.2. The minimum atomic E-state index is 0.274. The summed E-state index contributed by atoms with van der Waals surface area (Å²) in [5.74, 6) is 1.82. The van der Waals surface area contributed by atoms with E-state index in [0.717, 1.165) is 35.2 Å². The Bertz CT molecular complexity index is 490. The van der Waals surface area contributed by atoms with Crippen molar-refractivity contribution in [3.05, 3.63) is 28.2 Å². The molecule has 1 atom stereocenters. The topological polar surface area (TPSA) is 29.5 Å². The molecule has 0 saturated carbocycles. The number of hydrogen-bond acceptors (Lipinski definition) is 2. The highest BCUT2D eigenvalue weighted by atomic mass is 79.9. The van der Waals surface area contributed by atoms with Crippen LogP contribution in [0, 0.1) is 5.92 Å². The first-order valence-electron chi connectivity index (χ1n) is 7.74. The van der Waals surface area contributed by atoms with Crippen molar-refractivity contribution < 1.29 is 9.53 Å². The van der Waals surface area contributed by atoms with Crippen LogP contribution in [0.3, 0.4) is 0 Å². The third kappa shape index (κ3) is 4.47. The summed E-state index contributed by atoms with van der Waals surface area (Å²) < 4.78 is 6.43. The number of ether oxygens (including phenoxy) is 1. The number of amides is 1. The summed E-state index contributed by atoms with van der Waals surface area (Å²) in [7, 11) is 1.67. The SMILES string of the molecule is CCCC1CCC(=O)N(Cc2cc(Br)ccc2OC)CC1. The zero-order valence-corrected chi connectivity index (χ0v) is 14.5. The van der Waals surface area contributed by atoms with Crippen molar-refractivity contribution in [2.75, 3.05) is 13.7 Å². The molecular formula is C17H24BrNO2. The molecule has 0 radical (unpaired) electrons. The number of methoxy groups -OCH3 is 1. The molecule has 0 aliphatic carbocycles. The van der Waals surface area contributed by atoms with Crippen LogP contribution >= 0.6 is 15.9 Å². The highest BCUT2D eigenvalue weighted by Crippen LogP contribution is 2.27. The van der Waals surface area contributed by atoms with Crippen LogP contribution in [-0.2, 0) is 11.3 Å². The number of halogens is 1. The van der Waals surface area contributed by atoms with Gasteiger partial charge in [-0.15, -0.1) is 0 Å². The Kier molecular flexibility index (Phi) is 6.09. The summed E-state index contributed by atoms with van der Waals surface area (Å²) in [5, 5.41) is 0. The third-order valence-electron chi connectivity index (χ3n) is 4.23. The molecule has 3 nitrogen and oxygen atoms in total. The maximum Gasteiger partial charge on any atom is 0.222 e. The third-order valence-corrected chi connectivity index (χ3v) is 4.72. The molecule has 1 aliphatic heterocycles. The van der Waals surface area contributed by atoms with Crippen LogP contribution in [0.4, 0.5) is 0 Å². The number of nitrogens with zero attached hydrogens (tertiary/aromatic N) is 1. The van der Waals surface area contributed by atoms with E-state index in [9.17, 15) is 4.79 Å². The Morgan fingerprint density at radius 1 is 1.38 bits per heavy atom. The second-order valence-electron chi connectivity index (χ2n) is 5.75. The lowest BCUT2D eigenvalue weighted by molar-refractivity contribution is -0.131. The van der Waals surface area contributed by atoms with Gasteiger partial charge in [-0.3, -0.25) is 4.79 Å². The van der Waals surface area contributed by atoms with Crippen LogP contribution in [0.1, 0.15) is 44.6 Å². The highest BCUT2D eigenvalue weighted by molar-refractivity contribution is 9.10. The predicted molar refractivity (Wildman–Crippen MR) is 88.4 cm³/mol. The summed E-state index contributed by atoms with van der Waals surface area (Å²) in [6.07, 6.45) is 5.29. The van der Waals surface area contributed by atoms with Crippen LogP contribution in [-0.4, -0.2) is 24.5 Å². The zero-order valence-electron chi connectivity index (χ0n) is 12.9. The smallest absolute Gasteiger partial charge is 0.222 e. The number of rotatable bonds is 5. The van der Waals surface area contributed by atoms with Crippen molar-refractivity contribution in [2.24, 2.45) is 5.92 Å². The summed E-state index contributed by atoms with van der Waals surface area (Å²) in [4.78, 5) is 14.3.